The normalized spacial score (nSPS) is 16.0. The molecule has 1 aliphatic heterocycles. The minimum Gasteiger partial charge on any atom is -0.481 e. The van der Waals surface area contributed by atoms with E-state index in [0.29, 0.717) is 17.1 Å². The smallest absolute Gasteiger partial charge is 0.319 e. The molecular formula is C21H17N5O2S. The van der Waals surface area contributed by atoms with Crippen LogP contribution in [-0.2, 0) is 0 Å². The van der Waals surface area contributed by atoms with Gasteiger partial charge in [0.1, 0.15) is 11.0 Å². The van der Waals surface area contributed by atoms with E-state index in [4.69, 9.17) is 15.0 Å². The lowest BCUT2D eigenvalue weighted by Crippen LogP contribution is -2.43. The molecule has 29 heavy (non-hydrogen) atoms. The van der Waals surface area contributed by atoms with Crippen molar-refractivity contribution < 1.29 is 9.53 Å². The van der Waals surface area contributed by atoms with Gasteiger partial charge >= 0.3 is 6.03 Å². The van der Waals surface area contributed by atoms with Gasteiger partial charge in [-0.2, -0.15) is 5.26 Å². The molecule has 0 saturated heterocycles. The zero-order valence-electron chi connectivity index (χ0n) is 15.8. The van der Waals surface area contributed by atoms with Crippen LogP contribution < -0.4 is 15.4 Å². The molecule has 2 amide bonds. The average molecular weight is 403 g/mol. The third-order valence-electron chi connectivity index (χ3n) is 4.56. The van der Waals surface area contributed by atoms with Gasteiger partial charge in [0.15, 0.2) is 0 Å². The number of pyridine rings is 1. The lowest BCUT2D eigenvalue weighted by molar-refractivity contribution is 0.240. The maximum Gasteiger partial charge on any atom is 0.319 e. The number of urea groups is 1. The number of nitriles is 1. The van der Waals surface area contributed by atoms with Crippen molar-refractivity contribution in [3.05, 3.63) is 69.8 Å². The molecular weight excluding hydrogens is 386 g/mol. The number of thiazole rings is 1. The summed E-state index contributed by atoms with van der Waals surface area (Å²) in [6.45, 7) is 1.85. The molecule has 1 aliphatic rings. The van der Waals surface area contributed by atoms with E-state index in [-0.39, 0.29) is 6.03 Å². The highest BCUT2D eigenvalue weighted by molar-refractivity contribution is 7.11. The maximum absolute atomic E-state index is 12.1. The van der Waals surface area contributed by atoms with Crippen LogP contribution in [0.3, 0.4) is 0 Å². The second-order valence-electron chi connectivity index (χ2n) is 6.40. The van der Waals surface area contributed by atoms with Crippen LogP contribution in [0.4, 0.5) is 4.79 Å². The first-order valence-electron chi connectivity index (χ1n) is 8.84. The number of hydrogen-bond donors (Lipinski definition) is 2. The summed E-state index contributed by atoms with van der Waals surface area (Å²) in [5.74, 6) is 0.477. The van der Waals surface area contributed by atoms with E-state index in [1.54, 1.807) is 25.3 Å². The van der Waals surface area contributed by atoms with Crippen LogP contribution >= 0.6 is 11.3 Å². The van der Waals surface area contributed by atoms with Crippen LogP contribution in [0.5, 0.6) is 5.88 Å². The second kappa shape index (κ2) is 7.73. The number of nitrogens with zero attached hydrogens (tertiary/aromatic N) is 3. The molecule has 2 N–H and O–H groups in total. The number of nitrogens with one attached hydrogen (secondary N) is 2. The Morgan fingerprint density at radius 3 is 2.69 bits per heavy atom. The van der Waals surface area contributed by atoms with Crippen molar-refractivity contribution in [3.8, 4) is 23.2 Å². The maximum atomic E-state index is 12.1. The second-order valence-corrected chi connectivity index (χ2v) is 7.26. The molecule has 1 aromatic carbocycles. The molecule has 7 nitrogen and oxygen atoms in total. The van der Waals surface area contributed by atoms with Gasteiger partial charge in [0, 0.05) is 28.3 Å². The number of benzene rings is 1. The lowest BCUT2D eigenvalue weighted by atomic mass is 10.00. The first kappa shape index (κ1) is 18.7. The Kier molecular flexibility index (Phi) is 4.97. The Labute approximate surface area is 171 Å². The van der Waals surface area contributed by atoms with E-state index in [2.05, 4.69) is 21.7 Å². The van der Waals surface area contributed by atoms with E-state index < -0.39 is 6.04 Å². The number of amides is 2. The van der Waals surface area contributed by atoms with Gasteiger partial charge in [-0.3, -0.25) is 0 Å². The highest BCUT2D eigenvalue weighted by Gasteiger charge is 2.30. The van der Waals surface area contributed by atoms with Crippen LogP contribution in [0.1, 0.15) is 29.2 Å². The van der Waals surface area contributed by atoms with Crippen LogP contribution in [0.2, 0.25) is 0 Å². The molecule has 1 unspecified atom stereocenters. The van der Waals surface area contributed by atoms with Gasteiger partial charge < -0.3 is 15.4 Å². The fourth-order valence-corrected chi connectivity index (χ4v) is 4.11. The van der Waals surface area contributed by atoms with Gasteiger partial charge in [0.25, 0.3) is 0 Å². The van der Waals surface area contributed by atoms with Crippen LogP contribution in [0, 0.1) is 11.3 Å². The van der Waals surface area contributed by atoms with Crippen LogP contribution in [-0.4, -0.2) is 23.1 Å². The highest BCUT2D eigenvalue weighted by atomic mass is 32.1. The van der Waals surface area contributed by atoms with Crippen molar-refractivity contribution >= 4 is 22.9 Å². The third kappa shape index (κ3) is 3.68. The van der Waals surface area contributed by atoms with Gasteiger partial charge in [-0.25, -0.2) is 14.8 Å². The summed E-state index contributed by atoms with van der Waals surface area (Å²) >= 11 is 1.49. The minimum atomic E-state index is -0.446. The van der Waals surface area contributed by atoms with Crippen molar-refractivity contribution in [3.63, 3.8) is 0 Å². The minimum absolute atomic E-state index is 0.287. The predicted molar refractivity (Wildman–Crippen MR) is 110 cm³/mol. The molecule has 0 fully saturated rings. The summed E-state index contributed by atoms with van der Waals surface area (Å²) in [5, 5.41) is 17.5. The van der Waals surface area contributed by atoms with Gasteiger partial charge in [0.2, 0.25) is 5.88 Å². The highest BCUT2D eigenvalue weighted by Crippen LogP contribution is 2.37. The molecule has 0 spiro atoms. The average Bonchev–Trinajstić information content (AvgIpc) is 3.23. The number of carbonyl (C=O) groups excluding carboxylic acids is 1. The molecule has 4 rings (SSSR count). The number of methoxy groups -OCH3 is 1. The summed E-state index contributed by atoms with van der Waals surface area (Å²) < 4.78 is 5.23. The Hall–Kier alpha value is -3.70. The SMILES string of the molecule is COc1cccc(C2NC(=O)NC(C)=C2c2nc(-c3ccc(C#N)cc3)cs2)n1. The molecule has 0 radical (unpaired) electrons. The molecule has 1 atom stereocenters. The summed E-state index contributed by atoms with van der Waals surface area (Å²) in [6, 6.07) is 14.1. The molecule has 8 heteroatoms. The number of allylic oxidation sites excluding steroid dienone is 1. The van der Waals surface area contributed by atoms with Gasteiger partial charge in [-0.05, 0) is 25.1 Å². The molecule has 0 bridgehead atoms. The molecule has 0 saturated carbocycles. The number of aromatic nitrogens is 2. The van der Waals surface area contributed by atoms with Crippen LogP contribution in [0.15, 0.2) is 53.5 Å². The van der Waals surface area contributed by atoms with E-state index in [9.17, 15) is 4.79 Å². The monoisotopic (exact) mass is 403 g/mol. The predicted octanol–water partition coefficient (Wildman–Crippen LogP) is 3.87. The molecule has 3 heterocycles. The molecule has 0 aliphatic carbocycles. The quantitative estimate of drug-likeness (QED) is 0.689. The number of carbonyl (C=O) groups is 1. The largest absolute Gasteiger partial charge is 0.481 e. The number of rotatable bonds is 4. The molecule has 2 aromatic heterocycles. The summed E-state index contributed by atoms with van der Waals surface area (Å²) in [4.78, 5) is 21.4. The van der Waals surface area contributed by atoms with Crippen molar-refractivity contribution in [1.29, 1.82) is 5.26 Å². The Morgan fingerprint density at radius 2 is 1.97 bits per heavy atom. The number of hydrogen-bond acceptors (Lipinski definition) is 6. The van der Waals surface area contributed by atoms with E-state index in [1.807, 2.05) is 36.6 Å². The van der Waals surface area contributed by atoms with Gasteiger partial charge in [-0.1, -0.05) is 18.2 Å². The summed E-state index contributed by atoms with van der Waals surface area (Å²) in [7, 11) is 1.56. The van der Waals surface area contributed by atoms with Gasteiger partial charge in [-0.15, -0.1) is 11.3 Å². The Bertz CT molecular complexity index is 1140. The van der Waals surface area contributed by atoms with E-state index in [1.165, 1.54) is 11.3 Å². The Morgan fingerprint density at radius 1 is 1.17 bits per heavy atom. The van der Waals surface area contributed by atoms with E-state index >= 15 is 0 Å². The van der Waals surface area contributed by atoms with Crippen LogP contribution in [0.25, 0.3) is 16.8 Å². The van der Waals surface area contributed by atoms with Crippen molar-refractivity contribution in [1.82, 2.24) is 20.6 Å². The standard InChI is InChI=1S/C21H17N5O2S/c1-12-18(19(26-21(27)23-12)15-4-3-5-17(24-15)28-2)20-25-16(11-29-20)14-8-6-13(10-22)7-9-14/h3-9,11,19H,1-2H3,(H2,23,26,27). The van der Waals surface area contributed by atoms with E-state index in [0.717, 1.165) is 27.5 Å². The van der Waals surface area contributed by atoms with Crippen molar-refractivity contribution in [2.45, 2.75) is 13.0 Å². The fraction of sp³-hybridized carbons (Fsp3) is 0.143. The molecule has 144 valence electrons. The van der Waals surface area contributed by atoms with Crippen molar-refractivity contribution in [2.75, 3.05) is 7.11 Å². The zero-order valence-corrected chi connectivity index (χ0v) is 16.6. The lowest BCUT2D eigenvalue weighted by Gasteiger charge is -2.27. The van der Waals surface area contributed by atoms with Gasteiger partial charge in [0.05, 0.1) is 30.1 Å². The first-order chi connectivity index (χ1) is 14.1. The zero-order chi connectivity index (χ0) is 20.4. The summed E-state index contributed by atoms with van der Waals surface area (Å²) in [5.41, 5.74) is 4.59. The first-order valence-corrected chi connectivity index (χ1v) is 9.72. The Balaban J connectivity index is 1.74. The topological polar surface area (TPSA) is 99.9 Å². The molecule has 3 aromatic rings. The third-order valence-corrected chi connectivity index (χ3v) is 5.44. The fourth-order valence-electron chi connectivity index (χ4n) is 3.15. The summed E-state index contributed by atoms with van der Waals surface area (Å²) in [6.07, 6.45) is 0. The number of ether oxygens (including phenoxy) is 1. The van der Waals surface area contributed by atoms with Crippen molar-refractivity contribution in [2.24, 2.45) is 0 Å².